The third-order valence-electron chi connectivity index (χ3n) is 4.40. The summed E-state index contributed by atoms with van der Waals surface area (Å²) in [5.74, 6) is 0.591. The fourth-order valence-corrected chi connectivity index (χ4v) is 3.26. The number of allylic oxidation sites excluding steroid dienone is 2. The molecule has 1 N–H and O–H groups in total. The van der Waals surface area contributed by atoms with Gasteiger partial charge in [-0.15, -0.1) is 6.58 Å². The summed E-state index contributed by atoms with van der Waals surface area (Å²) in [7, 11) is -0.648. The molecule has 1 heterocycles. The molecule has 0 saturated carbocycles. The van der Waals surface area contributed by atoms with Crippen LogP contribution in [0.1, 0.15) is 44.1 Å². The highest BCUT2D eigenvalue weighted by Gasteiger charge is 2.40. The Balaban J connectivity index is 2.19. The molecule has 0 aromatic heterocycles. The maximum atomic E-state index is 9.92. The predicted octanol–water partition coefficient (Wildman–Crippen LogP) is 4.59. The second-order valence-electron chi connectivity index (χ2n) is 6.06. The van der Waals surface area contributed by atoms with Crippen LogP contribution in [0.4, 0.5) is 0 Å². The summed E-state index contributed by atoms with van der Waals surface area (Å²) in [5, 5.41) is 9.92. The molecule has 0 bridgehead atoms. The number of rotatable bonds is 8. The summed E-state index contributed by atoms with van der Waals surface area (Å²) in [6.07, 6.45) is 11.6. The predicted molar refractivity (Wildman–Crippen MR) is 93.8 cm³/mol. The minimum absolute atomic E-state index is 0.0496. The van der Waals surface area contributed by atoms with Crippen LogP contribution in [-0.4, -0.2) is 18.2 Å². The second-order valence-corrected chi connectivity index (χ2v) is 6.06. The van der Waals surface area contributed by atoms with Crippen molar-refractivity contribution in [1.82, 2.24) is 0 Å². The zero-order chi connectivity index (χ0) is 15.8. The minimum Gasteiger partial charge on any atom is -0.427 e. The largest absolute Gasteiger partial charge is 0.454 e. The molecule has 0 spiro atoms. The van der Waals surface area contributed by atoms with Gasteiger partial charge in [0.05, 0.1) is 0 Å². The Morgan fingerprint density at radius 2 is 2.18 bits per heavy atom. The van der Waals surface area contributed by atoms with Crippen molar-refractivity contribution in [2.45, 2.75) is 50.9 Å². The van der Waals surface area contributed by atoms with Crippen molar-refractivity contribution in [3.8, 4) is 0 Å². The van der Waals surface area contributed by atoms with Gasteiger partial charge in [0.25, 0.3) is 0 Å². The van der Waals surface area contributed by atoms with E-state index in [-0.39, 0.29) is 6.10 Å². The van der Waals surface area contributed by atoms with Crippen molar-refractivity contribution in [1.29, 1.82) is 0 Å². The van der Waals surface area contributed by atoms with Crippen molar-refractivity contribution < 1.29 is 9.68 Å². The molecule has 1 saturated heterocycles. The highest BCUT2D eigenvalue weighted by atomic mass is 16.5. The van der Waals surface area contributed by atoms with Crippen LogP contribution in [-0.2, 0) is 4.65 Å². The van der Waals surface area contributed by atoms with Gasteiger partial charge in [-0.2, -0.15) is 0 Å². The maximum absolute atomic E-state index is 9.92. The van der Waals surface area contributed by atoms with Crippen molar-refractivity contribution >= 4 is 7.12 Å². The first kappa shape index (κ1) is 17.0. The average Bonchev–Trinajstić information content (AvgIpc) is 2.89. The van der Waals surface area contributed by atoms with Crippen molar-refractivity contribution in [3.05, 3.63) is 60.7 Å². The van der Waals surface area contributed by atoms with Gasteiger partial charge >= 0.3 is 7.12 Å². The topological polar surface area (TPSA) is 29.5 Å². The summed E-state index contributed by atoms with van der Waals surface area (Å²) >= 11 is 0. The molecule has 0 radical (unpaired) electrons. The lowest BCUT2D eigenvalue weighted by Crippen LogP contribution is -2.21. The van der Waals surface area contributed by atoms with Crippen molar-refractivity contribution in [3.63, 3.8) is 0 Å². The first-order chi connectivity index (χ1) is 10.8. The zero-order valence-electron chi connectivity index (χ0n) is 13.5. The molecule has 1 aliphatic heterocycles. The molecule has 2 rings (SSSR count). The lowest BCUT2D eigenvalue weighted by Gasteiger charge is -2.26. The smallest absolute Gasteiger partial charge is 0.427 e. The second kappa shape index (κ2) is 8.97. The molecule has 118 valence electrons. The van der Waals surface area contributed by atoms with Crippen LogP contribution in [0.5, 0.6) is 0 Å². The van der Waals surface area contributed by atoms with Gasteiger partial charge in [-0.1, -0.05) is 68.3 Å². The number of unbranched alkanes of at least 4 members (excludes halogenated alkanes) is 2. The molecule has 3 atom stereocenters. The molecule has 1 aromatic rings. The molecule has 1 aliphatic rings. The van der Waals surface area contributed by atoms with E-state index in [1.165, 1.54) is 18.4 Å². The first-order valence-corrected chi connectivity index (χ1v) is 8.42. The molecule has 1 aromatic carbocycles. The van der Waals surface area contributed by atoms with Gasteiger partial charge in [0.15, 0.2) is 0 Å². The van der Waals surface area contributed by atoms with Gasteiger partial charge < -0.3 is 9.68 Å². The van der Waals surface area contributed by atoms with E-state index in [0.29, 0.717) is 18.2 Å². The van der Waals surface area contributed by atoms with E-state index in [4.69, 9.17) is 4.65 Å². The third kappa shape index (κ3) is 4.59. The molecule has 0 aliphatic carbocycles. The molecular formula is C19H27BO2. The number of benzene rings is 1. The van der Waals surface area contributed by atoms with Crippen LogP contribution in [0.15, 0.2) is 55.1 Å². The normalized spacial score (nSPS) is 23.1. The Labute approximate surface area is 135 Å². The zero-order valence-corrected chi connectivity index (χ0v) is 13.5. The Bertz CT molecular complexity index is 472. The first-order valence-electron chi connectivity index (χ1n) is 8.42. The lowest BCUT2D eigenvalue weighted by molar-refractivity contribution is 0.159. The van der Waals surface area contributed by atoms with E-state index in [0.717, 1.165) is 12.8 Å². The quantitative estimate of drug-likeness (QED) is 0.432. The van der Waals surface area contributed by atoms with Crippen LogP contribution < -0.4 is 0 Å². The van der Waals surface area contributed by atoms with E-state index < -0.39 is 7.12 Å². The van der Waals surface area contributed by atoms with E-state index in [1.54, 1.807) is 0 Å². The summed E-state index contributed by atoms with van der Waals surface area (Å²) in [5.41, 5.74) is 1.30. The number of hydrogen-bond donors (Lipinski definition) is 1. The monoisotopic (exact) mass is 298 g/mol. The van der Waals surface area contributed by atoms with E-state index in [9.17, 15) is 5.02 Å². The van der Waals surface area contributed by atoms with E-state index in [1.807, 2.05) is 12.1 Å². The van der Waals surface area contributed by atoms with Gasteiger partial charge in [-0.25, -0.2) is 0 Å². The standard InChI is InChI=1S/C19H27BO2/c1-3-5-6-10-14-17(16-12-8-7-9-13-16)18-15-20(21)22-19(18)11-4-2/h4,7-10,12-14,17-19,21H,2-3,5-6,11,15H2,1H3/b14-10+/t17-,18-,19?/m0/s1. The lowest BCUT2D eigenvalue weighted by atomic mass is 9.72. The van der Waals surface area contributed by atoms with Crippen LogP contribution in [0, 0.1) is 5.92 Å². The van der Waals surface area contributed by atoms with Crippen molar-refractivity contribution in [2.75, 3.05) is 0 Å². The summed E-state index contributed by atoms with van der Waals surface area (Å²) in [4.78, 5) is 0. The minimum atomic E-state index is -0.648. The summed E-state index contributed by atoms with van der Waals surface area (Å²) in [6, 6.07) is 10.5. The highest BCUT2D eigenvalue weighted by Crippen LogP contribution is 2.39. The third-order valence-corrected chi connectivity index (χ3v) is 4.40. The Morgan fingerprint density at radius 1 is 1.41 bits per heavy atom. The summed E-state index contributed by atoms with van der Waals surface area (Å²) in [6.45, 7) is 6.03. The summed E-state index contributed by atoms with van der Waals surface area (Å²) < 4.78 is 5.69. The maximum Gasteiger partial charge on any atom is 0.454 e. The molecule has 1 unspecified atom stereocenters. The van der Waals surface area contributed by atoms with Gasteiger partial charge in [0, 0.05) is 12.0 Å². The SMILES string of the molecule is C=CCC1OB(O)C[C@H]1[C@@H](/C=C/CCCC)c1ccccc1. The van der Waals surface area contributed by atoms with E-state index in [2.05, 4.69) is 49.9 Å². The van der Waals surface area contributed by atoms with Gasteiger partial charge in [0.2, 0.25) is 0 Å². The Hall–Kier alpha value is -1.32. The van der Waals surface area contributed by atoms with Crippen LogP contribution in [0.3, 0.4) is 0 Å². The molecule has 0 amide bonds. The molecule has 22 heavy (non-hydrogen) atoms. The van der Waals surface area contributed by atoms with Gasteiger partial charge in [-0.3, -0.25) is 0 Å². The van der Waals surface area contributed by atoms with Gasteiger partial charge in [0.1, 0.15) is 0 Å². The Kier molecular flexibility index (Phi) is 6.95. The van der Waals surface area contributed by atoms with Crippen LogP contribution in [0.2, 0.25) is 6.32 Å². The van der Waals surface area contributed by atoms with E-state index >= 15 is 0 Å². The average molecular weight is 298 g/mol. The highest BCUT2D eigenvalue weighted by molar-refractivity contribution is 6.43. The fourth-order valence-electron chi connectivity index (χ4n) is 3.26. The molecule has 3 heteroatoms. The number of hydrogen-bond acceptors (Lipinski definition) is 2. The van der Waals surface area contributed by atoms with Crippen LogP contribution in [0.25, 0.3) is 0 Å². The molecule has 2 nitrogen and oxygen atoms in total. The molecular weight excluding hydrogens is 271 g/mol. The van der Waals surface area contributed by atoms with Crippen LogP contribution >= 0.6 is 0 Å². The Morgan fingerprint density at radius 3 is 2.86 bits per heavy atom. The van der Waals surface area contributed by atoms with Gasteiger partial charge in [-0.05, 0) is 30.6 Å². The molecule has 1 fully saturated rings. The fraction of sp³-hybridized carbons (Fsp3) is 0.474. The van der Waals surface area contributed by atoms with Crippen molar-refractivity contribution in [2.24, 2.45) is 5.92 Å².